The molecule has 0 bridgehead atoms. The lowest BCUT2D eigenvalue weighted by molar-refractivity contribution is 0.102. The molecule has 2 aromatic rings. The fourth-order valence-corrected chi connectivity index (χ4v) is 2.02. The molecular formula is C13H9Br2FN2O. The molecule has 6 heteroatoms. The Balaban J connectivity index is 2.23. The number of rotatable bonds is 2. The summed E-state index contributed by atoms with van der Waals surface area (Å²) < 4.78 is 15.1. The topological polar surface area (TPSA) is 42.0 Å². The summed E-state index contributed by atoms with van der Waals surface area (Å²) in [4.78, 5) is 16.1. The summed E-state index contributed by atoms with van der Waals surface area (Å²) in [5.41, 5.74) is 0.722. The third-order valence-corrected chi connectivity index (χ3v) is 3.77. The lowest BCUT2D eigenvalue weighted by Gasteiger charge is -2.07. The van der Waals surface area contributed by atoms with E-state index in [9.17, 15) is 9.18 Å². The zero-order valence-corrected chi connectivity index (χ0v) is 13.0. The molecule has 19 heavy (non-hydrogen) atoms. The highest BCUT2D eigenvalue weighted by atomic mass is 79.9. The molecule has 0 spiro atoms. The highest BCUT2D eigenvalue weighted by Gasteiger charge is 2.13. The summed E-state index contributed by atoms with van der Waals surface area (Å²) >= 11 is 6.46. The lowest BCUT2D eigenvalue weighted by Crippen LogP contribution is -2.14. The number of nitrogens with zero attached hydrogens (tertiary/aromatic N) is 1. The molecule has 0 aliphatic carbocycles. The SMILES string of the molecule is Cc1nc(NC(=O)c2ccc(Br)cc2F)ccc1Br. The number of pyridine rings is 1. The van der Waals surface area contributed by atoms with E-state index in [4.69, 9.17) is 0 Å². The molecule has 1 amide bonds. The largest absolute Gasteiger partial charge is 0.306 e. The maximum Gasteiger partial charge on any atom is 0.259 e. The first-order valence-electron chi connectivity index (χ1n) is 5.37. The van der Waals surface area contributed by atoms with Gasteiger partial charge < -0.3 is 5.32 Å². The molecule has 0 fully saturated rings. The highest BCUT2D eigenvalue weighted by molar-refractivity contribution is 9.10. The van der Waals surface area contributed by atoms with Crippen LogP contribution in [0.1, 0.15) is 16.1 Å². The van der Waals surface area contributed by atoms with Gasteiger partial charge in [0.2, 0.25) is 0 Å². The van der Waals surface area contributed by atoms with Gasteiger partial charge in [-0.05, 0) is 53.2 Å². The maximum absolute atomic E-state index is 13.6. The van der Waals surface area contributed by atoms with Crippen LogP contribution in [0.4, 0.5) is 10.2 Å². The molecule has 98 valence electrons. The molecule has 1 heterocycles. The van der Waals surface area contributed by atoms with Gasteiger partial charge in [-0.3, -0.25) is 4.79 Å². The summed E-state index contributed by atoms with van der Waals surface area (Å²) in [6.07, 6.45) is 0. The van der Waals surface area contributed by atoms with E-state index in [0.717, 1.165) is 10.2 Å². The van der Waals surface area contributed by atoms with Crippen molar-refractivity contribution in [1.29, 1.82) is 0 Å². The van der Waals surface area contributed by atoms with Crippen molar-refractivity contribution in [2.45, 2.75) is 6.92 Å². The van der Waals surface area contributed by atoms with Crippen LogP contribution in [0, 0.1) is 12.7 Å². The summed E-state index contributed by atoms with van der Waals surface area (Å²) in [7, 11) is 0. The van der Waals surface area contributed by atoms with Crippen molar-refractivity contribution in [2.75, 3.05) is 5.32 Å². The van der Waals surface area contributed by atoms with Crippen LogP contribution >= 0.6 is 31.9 Å². The average molecular weight is 388 g/mol. The van der Waals surface area contributed by atoms with E-state index in [1.165, 1.54) is 12.1 Å². The molecular weight excluding hydrogens is 379 g/mol. The molecule has 2 rings (SSSR count). The van der Waals surface area contributed by atoms with E-state index in [1.807, 2.05) is 0 Å². The van der Waals surface area contributed by atoms with Gasteiger partial charge in [0.05, 0.1) is 11.3 Å². The number of amides is 1. The molecule has 0 radical (unpaired) electrons. The second kappa shape index (κ2) is 5.79. The Kier molecular flexibility index (Phi) is 4.31. The van der Waals surface area contributed by atoms with Crippen LogP contribution in [-0.2, 0) is 0 Å². The van der Waals surface area contributed by atoms with Crippen LogP contribution in [0.2, 0.25) is 0 Å². The Labute approximate surface area is 126 Å². The van der Waals surface area contributed by atoms with Gasteiger partial charge in [0.15, 0.2) is 0 Å². The zero-order valence-electron chi connectivity index (χ0n) is 9.88. The Morgan fingerprint density at radius 1 is 1.26 bits per heavy atom. The summed E-state index contributed by atoms with van der Waals surface area (Å²) in [5, 5.41) is 2.56. The van der Waals surface area contributed by atoms with Crippen LogP contribution in [0.5, 0.6) is 0 Å². The number of halogens is 3. The maximum atomic E-state index is 13.6. The smallest absolute Gasteiger partial charge is 0.259 e. The van der Waals surface area contributed by atoms with Crippen LogP contribution in [0.15, 0.2) is 39.3 Å². The molecule has 3 nitrogen and oxygen atoms in total. The third kappa shape index (κ3) is 3.39. The Hall–Kier alpha value is -1.27. The number of aromatic nitrogens is 1. The number of carbonyl (C=O) groups is 1. The molecule has 0 unspecified atom stereocenters. The van der Waals surface area contributed by atoms with Crippen molar-refractivity contribution in [1.82, 2.24) is 4.98 Å². The van der Waals surface area contributed by atoms with Crippen molar-refractivity contribution in [3.8, 4) is 0 Å². The van der Waals surface area contributed by atoms with E-state index < -0.39 is 11.7 Å². The third-order valence-electron chi connectivity index (χ3n) is 2.44. The zero-order chi connectivity index (χ0) is 14.0. The number of aryl methyl sites for hydroxylation is 1. The fraction of sp³-hybridized carbons (Fsp3) is 0.0769. The van der Waals surface area contributed by atoms with E-state index in [0.29, 0.717) is 10.3 Å². The van der Waals surface area contributed by atoms with Crippen LogP contribution < -0.4 is 5.32 Å². The second-order valence-corrected chi connectivity index (χ2v) is 5.61. The predicted octanol–water partition coefficient (Wildman–Crippen LogP) is 4.31. The van der Waals surface area contributed by atoms with Gasteiger partial charge in [0.25, 0.3) is 5.91 Å². The van der Waals surface area contributed by atoms with Crippen LogP contribution in [-0.4, -0.2) is 10.9 Å². The van der Waals surface area contributed by atoms with Gasteiger partial charge in [-0.1, -0.05) is 15.9 Å². The molecule has 1 aromatic carbocycles. The van der Waals surface area contributed by atoms with Gasteiger partial charge in [-0.2, -0.15) is 0 Å². The second-order valence-electron chi connectivity index (χ2n) is 3.84. The fourth-order valence-electron chi connectivity index (χ4n) is 1.47. The van der Waals surface area contributed by atoms with Crippen molar-refractivity contribution in [2.24, 2.45) is 0 Å². The first-order chi connectivity index (χ1) is 8.97. The number of hydrogen-bond acceptors (Lipinski definition) is 2. The normalized spacial score (nSPS) is 10.3. The van der Waals surface area contributed by atoms with Gasteiger partial charge >= 0.3 is 0 Å². The van der Waals surface area contributed by atoms with Gasteiger partial charge in [-0.25, -0.2) is 9.37 Å². The minimum absolute atomic E-state index is 0.0226. The lowest BCUT2D eigenvalue weighted by atomic mass is 10.2. The first kappa shape index (κ1) is 14.1. The highest BCUT2D eigenvalue weighted by Crippen LogP contribution is 2.19. The van der Waals surface area contributed by atoms with Crippen molar-refractivity contribution < 1.29 is 9.18 Å². The van der Waals surface area contributed by atoms with Crippen molar-refractivity contribution in [3.05, 3.63) is 56.4 Å². The van der Waals surface area contributed by atoms with Gasteiger partial charge in [0.1, 0.15) is 11.6 Å². The molecule has 0 atom stereocenters. The molecule has 0 aliphatic heterocycles. The Bertz CT molecular complexity index is 647. The number of nitrogens with one attached hydrogen (secondary N) is 1. The van der Waals surface area contributed by atoms with Crippen LogP contribution in [0.3, 0.4) is 0 Å². The van der Waals surface area contributed by atoms with E-state index >= 15 is 0 Å². The summed E-state index contributed by atoms with van der Waals surface area (Å²) in [6.45, 7) is 1.81. The monoisotopic (exact) mass is 386 g/mol. The van der Waals surface area contributed by atoms with E-state index in [2.05, 4.69) is 42.2 Å². The number of hydrogen-bond donors (Lipinski definition) is 1. The average Bonchev–Trinajstić information content (AvgIpc) is 2.33. The summed E-state index contributed by atoms with van der Waals surface area (Å²) in [6, 6.07) is 7.69. The quantitative estimate of drug-likeness (QED) is 0.834. The Morgan fingerprint density at radius 2 is 2.00 bits per heavy atom. The Morgan fingerprint density at radius 3 is 2.63 bits per heavy atom. The summed E-state index contributed by atoms with van der Waals surface area (Å²) in [5.74, 6) is -0.729. The van der Waals surface area contributed by atoms with Gasteiger partial charge in [0, 0.05) is 8.95 Å². The van der Waals surface area contributed by atoms with Crippen molar-refractivity contribution in [3.63, 3.8) is 0 Å². The minimum atomic E-state index is -0.583. The van der Waals surface area contributed by atoms with Crippen molar-refractivity contribution >= 4 is 43.6 Å². The minimum Gasteiger partial charge on any atom is -0.306 e. The molecule has 1 aromatic heterocycles. The molecule has 0 aliphatic rings. The van der Waals surface area contributed by atoms with E-state index in [1.54, 1.807) is 25.1 Å². The standard InChI is InChI=1S/C13H9Br2FN2O/c1-7-10(15)4-5-12(17-7)18-13(19)9-3-2-8(14)6-11(9)16/h2-6H,1H3,(H,17,18,19). The number of benzene rings is 1. The molecule has 1 N–H and O–H groups in total. The first-order valence-corrected chi connectivity index (χ1v) is 6.95. The van der Waals surface area contributed by atoms with Gasteiger partial charge in [-0.15, -0.1) is 0 Å². The molecule has 0 saturated heterocycles. The molecule has 0 saturated carbocycles. The number of anilines is 1. The number of carbonyl (C=O) groups excluding carboxylic acids is 1. The van der Waals surface area contributed by atoms with E-state index in [-0.39, 0.29) is 5.56 Å². The van der Waals surface area contributed by atoms with Crippen LogP contribution in [0.25, 0.3) is 0 Å². The predicted molar refractivity (Wildman–Crippen MR) is 78.7 cm³/mol.